The third kappa shape index (κ3) is 3.60. The fourth-order valence-electron chi connectivity index (χ4n) is 1.45. The second-order valence-electron chi connectivity index (χ2n) is 3.81. The first kappa shape index (κ1) is 15.9. The molecule has 20 heavy (non-hydrogen) atoms. The molecule has 0 fully saturated rings. The average molecular weight is 488 g/mol. The first-order valence-electron chi connectivity index (χ1n) is 5.22. The summed E-state index contributed by atoms with van der Waals surface area (Å²) in [6.07, 6.45) is 0. The third-order valence-corrected chi connectivity index (χ3v) is 5.87. The summed E-state index contributed by atoms with van der Waals surface area (Å²) in [6, 6.07) is 8.79. The van der Waals surface area contributed by atoms with Gasteiger partial charge in [0.25, 0.3) is 10.0 Å². The Bertz CT molecular complexity index is 765. The van der Waals surface area contributed by atoms with Gasteiger partial charge >= 0.3 is 0 Å². The Labute approximate surface area is 141 Å². The maximum Gasteiger partial charge on any atom is 0.263 e. The zero-order valence-electron chi connectivity index (χ0n) is 9.70. The van der Waals surface area contributed by atoms with Gasteiger partial charge in [-0.15, -0.1) is 0 Å². The Morgan fingerprint density at radius 2 is 1.60 bits per heavy atom. The van der Waals surface area contributed by atoms with Crippen LogP contribution in [0.4, 0.5) is 10.1 Å². The SMILES string of the molecule is O=S(=O)(Nc1ccc(Br)c(F)c1)c1cc(Br)ccc1Br. The highest BCUT2D eigenvalue weighted by molar-refractivity contribution is 9.11. The van der Waals surface area contributed by atoms with Crippen LogP contribution in [0.5, 0.6) is 0 Å². The number of halogens is 4. The number of hydrogen-bond donors (Lipinski definition) is 1. The predicted molar refractivity (Wildman–Crippen MR) is 86.8 cm³/mol. The van der Waals surface area contributed by atoms with E-state index in [1.54, 1.807) is 12.1 Å². The molecule has 0 amide bonds. The van der Waals surface area contributed by atoms with E-state index in [2.05, 4.69) is 52.5 Å². The quantitative estimate of drug-likeness (QED) is 0.668. The molecule has 0 atom stereocenters. The van der Waals surface area contributed by atoms with Gasteiger partial charge in [-0.05, 0) is 68.3 Å². The van der Waals surface area contributed by atoms with Gasteiger partial charge in [0.05, 0.1) is 10.2 Å². The van der Waals surface area contributed by atoms with E-state index in [4.69, 9.17) is 0 Å². The molecule has 0 aliphatic heterocycles. The van der Waals surface area contributed by atoms with Crippen molar-refractivity contribution >= 4 is 63.5 Å². The normalized spacial score (nSPS) is 11.4. The molecule has 0 unspecified atom stereocenters. The number of sulfonamides is 1. The van der Waals surface area contributed by atoms with Crippen LogP contribution in [0.15, 0.2) is 54.7 Å². The maximum absolute atomic E-state index is 13.4. The Morgan fingerprint density at radius 1 is 0.950 bits per heavy atom. The minimum absolute atomic E-state index is 0.0650. The molecular formula is C12H7Br3FNO2S. The van der Waals surface area contributed by atoms with Gasteiger partial charge in [0.15, 0.2) is 0 Å². The fraction of sp³-hybridized carbons (Fsp3) is 0. The number of rotatable bonds is 3. The van der Waals surface area contributed by atoms with E-state index in [9.17, 15) is 12.8 Å². The maximum atomic E-state index is 13.4. The Hall–Kier alpha value is -0.440. The summed E-state index contributed by atoms with van der Waals surface area (Å²) in [5.74, 6) is -0.543. The molecule has 0 radical (unpaired) electrons. The van der Waals surface area contributed by atoms with Crippen LogP contribution >= 0.6 is 47.8 Å². The zero-order valence-corrected chi connectivity index (χ0v) is 15.3. The standard InChI is InChI=1S/C12H7Br3FNO2S/c13-7-1-3-10(15)12(5-7)20(18,19)17-8-2-4-9(14)11(16)6-8/h1-6,17H. The van der Waals surface area contributed by atoms with Gasteiger partial charge in [0.2, 0.25) is 0 Å². The van der Waals surface area contributed by atoms with Crippen molar-refractivity contribution in [2.45, 2.75) is 4.90 Å². The van der Waals surface area contributed by atoms with Crippen molar-refractivity contribution in [2.24, 2.45) is 0 Å². The second kappa shape index (κ2) is 6.13. The average Bonchev–Trinajstić information content (AvgIpc) is 2.36. The summed E-state index contributed by atoms with van der Waals surface area (Å²) in [4.78, 5) is 0.0650. The summed E-state index contributed by atoms with van der Waals surface area (Å²) in [7, 11) is -3.80. The largest absolute Gasteiger partial charge is 0.279 e. The van der Waals surface area contributed by atoms with Crippen molar-refractivity contribution in [3.8, 4) is 0 Å². The van der Waals surface area contributed by atoms with E-state index in [1.165, 1.54) is 18.2 Å². The summed E-state index contributed by atoms with van der Waals surface area (Å²) in [5.41, 5.74) is 0.151. The summed E-state index contributed by atoms with van der Waals surface area (Å²) in [5, 5.41) is 0. The molecule has 8 heteroatoms. The van der Waals surface area contributed by atoms with Crippen LogP contribution in [-0.4, -0.2) is 8.42 Å². The van der Waals surface area contributed by atoms with Crippen molar-refractivity contribution in [1.82, 2.24) is 0 Å². The second-order valence-corrected chi connectivity index (χ2v) is 8.08. The molecule has 0 saturated carbocycles. The van der Waals surface area contributed by atoms with Gasteiger partial charge in [0, 0.05) is 8.95 Å². The lowest BCUT2D eigenvalue weighted by Gasteiger charge is -2.10. The van der Waals surface area contributed by atoms with Crippen LogP contribution in [0, 0.1) is 5.82 Å². The lowest BCUT2D eigenvalue weighted by Crippen LogP contribution is -2.13. The molecule has 0 spiro atoms. The topological polar surface area (TPSA) is 46.2 Å². The van der Waals surface area contributed by atoms with Gasteiger partial charge in [-0.25, -0.2) is 12.8 Å². The Kier molecular flexibility index (Phi) is 4.88. The van der Waals surface area contributed by atoms with E-state index >= 15 is 0 Å². The molecule has 2 aromatic rings. The van der Waals surface area contributed by atoms with Crippen molar-refractivity contribution in [3.63, 3.8) is 0 Å². The first-order valence-corrected chi connectivity index (χ1v) is 9.09. The van der Waals surface area contributed by atoms with Crippen LogP contribution in [0.3, 0.4) is 0 Å². The molecule has 2 aromatic carbocycles. The van der Waals surface area contributed by atoms with E-state index in [-0.39, 0.29) is 15.1 Å². The summed E-state index contributed by atoms with van der Waals surface area (Å²) >= 11 is 9.41. The van der Waals surface area contributed by atoms with Crippen molar-refractivity contribution in [1.29, 1.82) is 0 Å². The van der Waals surface area contributed by atoms with Gasteiger partial charge in [-0.1, -0.05) is 15.9 Å². The van der Waals surface area contributed by atoms with E-state index in [0.29, 0.717) is 8.95 Å². The number of hydrogen-bond acceptors (Lipinski definition) is 2. The zero-order chi connectivity index (χ0) is 14.9. The number of anilines is 1. The lowest BCUT2D eigenvalue weighted by molar-refractivity contribution is 0.600. The highest BCUT2D eigenvalue weighted by Gasteiger charge is 2.18. The van der Waals surface area contributed by atoms with E-state index in [1.807, 2.05) is 0 Å². The molecule has 1 N–H and O–H groups in total. The summed E-state index contributed by atoms with van der Waals surface area (Å²) in [6.45, 7) is 0. The molecule has 0 aromatic heterocycles. The van der Waals surface area contributed by atoms with Gasteiger partial charge in [-0.2, -0.15) is 0 Å². The molecule has 0 heterocycles. The lowest BCUT2D eigenvalue weighted by atomic mass is 10.3. The van der Waals surface area contributed by atoms with Gasteiger partial charge in [-0.3, -0.25) is 4.72 Å². The van der Waals surface area contributed by atoms with Crippen LogP contribution in [0.1, 0.15) is 0 Å². The third-order valence-electron chi connectivity index (χ3n) is 2.35. The smallest absolute Gasteiger partial charge is 0.263 e. The molecule has 0 bridgehead atoms. The number of benzene rings is 2. The summed E-state index contributed by atoms with van der Waals surface area (Å²) < 4.78 is 41.6. The highest BCUT2D eigenvalue weighted by atomic mass is 79.9. The van der Waals surface area contributed by atoms with Crippen molar-refractivity contribution in [3.05, 3.63) is 55.6 Å². The number of nitrogens with one attached hydrogen (secondary N) is 1. The Balaban J connectivity index is 2.40. The molecule has 0 aliphatic rings. The van der Waals surface area contributed by atoms with Crippen LogP contribution in [0.25, 0.3) is 0 Å². The molecule has 2 rings (SSSR count). The van der Waals surface area contributed by atoms with Crippen LogP contribution in [0.2, 0.25) is 0 Å². The molecule has 3 nitrogen and oxygen atoms in total. The van der Waals surface area contributed by atoms with Gasteiger partial charge in [0.1, 0.15) is 10.7 Å². The molecule has 0 saturated heterocycles. The fourth-order valence-corrected chi connectivity index (χ4v) is 4.25. The monoisotopic (exact) mass is 485 g/mol. The van der Waals surface area contributed by atoms with Crippen molar-refractivity contribution in [2.75, 3.05) is 4.72 Å². The van der Waals surface area contributed by atoms with Crippen LogP contribution in [-0.2, 0) is 10.0 Å². The minimum Gasteiger partial charge on any atom is -0.279 e. The molecular weight excluding hydrogens is 481 g/mol. The highest BCUT2D eigenvalue weighted by Crippen LogP contribution is 2.28. The minimum atomic E-state index is -3.80. The molecule has 0 aliphatic carbocycles. The predicted octanol–water partition coefficient (Wildman–Crippen LogP) is 4.91. The van der Waals surface area contributed by atoms with E-state index in [0.717, 1.165) is 6.07 Å². The van der Waals surface area contributed by atoms with Gasteiger partial charge < -0.3 is 0 Å². The molecule has 106 valence electrons. The Morgan fingerprint density at radius 3 is 2.25 bits per heavy atom. The van der Waals surface area contributed by atoms with Crippen molar-refractivity contribution < 1.29 is 12.8 Å². The first-order chi connectivity index (χ1) is 9.29. The van der Waals surface area contributed by atoms with E-state index < -0.39 is 15.8 Å². The van der Waals surface area contributed by atoms with Crippen LogP contribution < -0.4 is 4.72 Å².